The summed E-state index contributed by atoms with van der Waals surface area (Å²) in [6.45, 7) is 0. The van der Waals surface area contributed by atoms with Gasteiger partial charge < -0.3 is 4.98 Å². The van der Waals surface area contributed by atoms with Gasteiger partial charge in [0.05, 0.1) is 16.1 Å². The number of amides is 2. The van der Waals surface area contributed by atoms with Crippen molar-refractivity contribution in [2.75, 3.05) is 0 Å². The van der Waals surface area contributed by atoms with Crippen LogP contribution in [0.5, 0.6) is 0 Å². The summed E-state index contributed by atoms with van der Waals surface area (Å²) in [5.74, 6) is -0.878. The molecule has 6 heteroatoms. The summed E-state index contributed by atoms with van der Waals surface area (Å²) >= 11 is 5.93. The number of fused-ring (bicyclic) bond motifs is 1. The third-order valence-corrected chi connectivity index (χ3v) is 3.57. The molecule has 22 heavy (non-hydrogen) atoms. The van der Waals surface area contributed by atoms with E-state index in [4.69, 9.17) is 11.6 Å². The monoisotopic (exact) mass is 313 g/mol. The van der Waals surface area contributed by atoms with Crippen molar-refractivity contribution in [3.05, 3.63) is 70.9 Å². The second-order valence-electron chi connectivity index (χ2n) is 4.64. The standard InChI is InChI=1S/C16H12ClN3O2/c17-13-7-3-1-6-11(13)15(21)19-20-16(22)12-9-18-14-8-4-2-5-10(12)14/h1-9,18H,(H,19,21)(H,20,22). The van der Waals surface area contributed by atoms with E-state index in [1.807, 2.05) is 24.3 Å². The third-order valence-electron chi connectivity index (χ3n) is 3.24. The van der Waals surface area contributed by atoms with E-state index in [0.29, 0.717) is 16.1 Å². The lowest BCUT2D eigenvalue weighted by atomic mass is 10.2. The van der Waals surface area contributed by atoms with Crippen LogP contribution in [-0.2, 0) is 0 Å². The molecule has 3 rings (SSSR count). The molecule has 1 heterocycles. The molecule has 3 aromatic rings. The molecule has 1 aromatic heterocycles. The minimum Gasteiger partial charge on any atom is -0.360 e. The Bertz CT molecular complexity index is 857. The molecule has 2 aromatic carbocycles. The molecule has 110 valence electrons. The van der Waals surface area contributed by atoms with Crippen molar-refractivity contribution in [3.63, 3.8) is 0 Å². The Balaban J connectivity index is 1.73. The van der Waals surface area contributed by atoms with Gasteiger partial charge in [0.25, 0.3) is 11.8 Å². The second kappa shape index (κ2) is 5.91. The van der Waals surface area contributed by atoms with E-state index in [1.54, 1.807) is 30.5 Å². The Kier molecular flexibility index (Phi) is 3.80. The van der Waals surface area contributed by atoms with Gasteiger partial charge in [0.2, 0.25) is 0 Å². The number of rotatable bonds is 2. The topological polar surface area (TPSA) is 74.0 Å². The fourth-order valence-corrected chi connectivity index (χ4v) is 2.37. The van der Waals surface area contributed by atoms with E-state index in [0.717, 1.165) is 10.9 Å². The quantitative estimate of drug-likeness (QED) is 0.636. The van der Waals surface area contributed by atoms with Crippen molar-refractivity contribution in [3.8, 4) is 0 Å². The number of carbonyl (C=O) groups excluding carboxylic acids is 2. The minimum atomic E-state index is -0.473. The highest BCUT2D eigenvalue weighted by Crippen LogP contribution is 2.17. The first-order chi connectivity index (χ1) is 10.7. The molecule has 0 aliphatic carbocycles. The van der Waals surface area contributed by atoms with Crippen molar-refractivity contribution < 1.29 is 9.59 Å². The number of H-pyrrole nitrogens is 1. The van der Waals surface area contributed by atoms with Crippen LogP contribution in [-0.4, -0.2) is 16.8 Å². The van der Waals surface area contributed by atoms with E-state index >= 15 is 0 Å². The molecular weight excluding hydrogens is 302 g/mol. The maximum Gasteiger partial charge on any atom is 0.271 e. The van der Waals surface area contributed by atoms with Crippen molar-refractivity contribution in [1.29, 1.82) is 0 Å². The Hall–Kier alpha value is -2.79. The highest BCUT2D eigenvalue weighted by Gasteiger charge is 2.14. The number of para-hydroxylation sites is 1. The van der Waals surface area contributed by atoms with E-state index in [9.17, 15) is 9.59 Å². The molecule has 0 atom stereocenters. The number of hydrogen-bond donors (Lipinski definition) is 3. The zero-order valence-corrected chi connectivity index (χ0v) is 12.1. The summed E-state index contributed by atoms with van der Waals surface area (Å²) < 4.78 is 0. The minimum absolute atomic E-state index is 0.295. The third kappa shape index (κ3) is 2.66. The lowest BCUT2D eigenvalue weighted by molar-refractivity contribution is 0.0847. The first-order valence-corrected chi connectivity index (χ1v) is 6.96. The zero-order valence-electron chi connectivity index (χ0n) is 11.4. The average Bonchev–Trinajstić information content (AvgIpc) is 2.97. The molecule has 0 fully saturated rings. The number of carbonyl (C=O) groups is 2. The van der Waals surface area contributed by atoms with Gasteiger partial charge in [0, 0.05) is 17.1 Å². The van der Waals surface area contributed by atoms with Gasteiger partial charge in [-0.25, -0.2) is 0 Å². The van der Waals surface area contributed by atoms with Crippen LogP contribution in [0.25, 0.3) is 10.9 Å². The van der Waals surface area contributed by atoms with Crippen molar-refractivity contribution in [2.24, 2.45) is 0 Å². The van der Waals surface area contributed by atoms with Crippen LogP contribution in [0, 0.1) is 0 Å². The Labute approximate surface area is 131 Å². The molecule has 5 nitrogen and oxygen atoms in total. The molecule has 3 N–H and O–H groups in total. The van der Waals surface area contributed by atoms with Crippen LogP contribution in [0.15, 0.2) is 54.7 Å². The molecular formula is C16H12ClN3O2. The molecule has 2 amide bonds. The van der Waals surface area contributed by atoms with Gasteiger partial charge in [-0.05, 0) is 18.2 Å². The number of halogens is 1. The molecule has 0 aliphatic rings. The van der Waals surface area contributed by atoms with Gasteiger partial charge >= 0.3 is 0 Å². The van der Waals surface area contributed by atoms with E-state index in [1.165, 1.54) is 0 Å². The summed E-state index contributed by atoms with van der Waals surface area (Å²) in [6, 6.07) is 14.0. The molecule has 0 radical (unpaired) electrons. The molecule has 0 bridgehead atoms. The predicted molar refractivity (Wildman–Crippen MR) is 84.7 cm³/mol. The maximum absolute atomic E-state index is 12.2. The van der Waals surface area contributed by atoms with Crippen LogP contribution in [0.3, 0.4) is 0 Å². The largest absolute Gasteiger partial charge is 0.360 e. The lowest BCUT2D eigenvalue weighted by Gasteiger charge is -2.07. The van der Waals surface area contributed by atoms with Gasteiger partial charge in [0.1, 0.15) is 0 Å². The lowest BCUT2D eigenvalue weighted by Crippen LogP contribution is -2.41. The fraction of sp³-hybridized carbons (Fsp3) is 0. The van der Waals surface area contributed by atoms with E-state index < -0.39 is 11.8 Å². The predicted octanol–water partition coefficient (Wildman–Crippen LogP) is 2.90. The van der Waals surface area contributed by atoms with Crippen molar-refractivity contribution in [1.82, 2.24) is 15.8 Å². The van der Waals surface area contributed by atoms with Crippen LogP contribution >= 0.6 is 11.6 Å². The molecule has 0 unspecified atom stereocenters. The average molecular weight is 314 g/mol. The van der Waals surface area contributed by atoms with Crippen LogP contribution in [0.2, 0.25) is 5.02 Å². The Morgan fingerprint density at radius 2 is 1.50 bits per heavy atom. The number of hydrazine groups is 1. The molecule has 0 saturated heterocycles. The van der Waals surface area contributed by atoms with Gasteiger partial charge in [-0.3, -0.25) is 20.4 Å². The second-order valence-corrected chi connectivity index (χ2v) is 5.04. The number of aromatic amines is 1. The Morgan fingerprint density at radius 1 is 0.864 bits per heavy atom. The maximum atomic E-state index is 12.2. The number of aromatic nitrogens is 1. The SMILES string of the molecule is O=C(NNC(=O)c1c[nH]c2ccccc12)c1ccccc1Cl. The van der Waals surface area contributed by atoms with Crippen LogP contribution < -0.4 is 10.9 Å². The van der Waals surface area contributed by atoms with Gasteiger partial charge in [-0.15, -0.1) is 0 Å². The summed E-state index contributed by atoms with van der Waals surface area (Å²) in [4.78, 5) is 27.1. The highest BCUT2D eigenvalue weighted by atomic mass is 35.5. The highest BCUT2D eigenvalue weighted by molar-refractivity contribution is 6.33. The van der Waals surface area contributed by atoms with Crippen LogP contribution in [0.1, 0.15) is 20.7 Å². The van der Waals surface area contributed by atoms with Gasteiger partial charge in [0.15, 0.2) is 0 Å². The van der Waals surface area contributed by atoms with Gasteiger partial charge in [-0.2, -0.15) is 0 Å². The van der Waals surface area contributed by atoms with E-state index in [-0.39, 0.29) is 0 Å². The zero-order chi connectivity index (χ0) is 15.5. The molecule has 0 saturated carbocycles. The first-order valence-electron chi connectivity index (χ1n) is 6.58. The van der Waals surface area contributed by atoms with Crippen molar-refractivity contribution in [2.45, 2.75) is 0 Å². The van der Waals surface area contributed by atoms with Crippen LogP contribution in [0.4, 0.5) is 0 Å². The number of hydrogen-bond acceptors (Lipinski definition) is 2. The number of nitrogens with one attached hydrogen (secondary N) is 3. The van der Waals surface area contributed by atoms with E-state index in [2.05, 4.69) is 15.8 Å². The summed E-state index contributed by atoms with van der Waals surface area (Å²) in [7, 11) is 0. The number of benzene rings is 2. The molecule has 0 aliphatic heterocycles. The fourth-order valence-electron chi connectivity index (χ4n) is 2.15. The normalized spacial score (nSPS) is 10.4. The first kappa shape index (κ1) is 14.2. The summed E-state index contributed by atoms with van der Waals surface area (Å²) in [6.07, 6.45) is 1.60. The van der Waals surface area contributed by atoms with Gasteiger partial charge in [-0.1, -0.05) is 41.9 Å². The van der Waals surface area contributed by atoms with Crippen molar-refractivity contribution >= 4 is 34.3 Å². The Morgan fingerprint density at radius 3 is 2.27 bits per heavy atom. The summed E-state index contributed by atoms with van der Waals surface area (Å²) in [5, 5.41) is 1.10. The smallest absolute Gasteiger partial charge is 0.271 e. The summed E-state index contributed by atoms with van der Waals surface area (Å²) in [5.41, 5.74) is 6.34. The molecule has 0 spiro atoms.